The molecule has 3 nitrogen and oxygen atoms in total. The highest BCUT2D eigenvalue weighted by Crippen LogP contribution is 2.23. The van der Waals surface area contributed by atoms with E-state index in [1.54, 1.807) is 0 Å². The van der Waals surface area contributed by atoms with E-state index in [1.165, 1.54) is 31.2 Å². The van der Waals surface area contributed by atoms with Gasteiger partial charge in [0.2, 0.25) is 0 Å². The van der Waals surface area contributed by atoms with Crippen molar-refractivity contribution in [3.05, 3.63) is 29.6 Å². The van der Waals surface area contributed by atoms with Crippen molar-refractivity contribution in [1.29, 1.82) is 0 Å². The van der Waals surface area contributed by atoms with Crippen molar-refractivity contribution in [2.24, 2.45) is 5.92 Å². The van der Waals surface area contributed by atoms with Crippen molar-refractivity contribution in [2.75, 3.05) is 6.61 Å². The Balaban J connectivity index is 1.93. The highest BCUT2D eigenvalue weighted by molar-refractivity contribution is 5.18. The van der Waals surface area contributed by atoms with E-state index >= 15 is 0 Å². The van der Waals surface area contributed by atoms with Crippen LogP contribution in [0.25, 0.3) is 0 Å². The molecule has 1 saturated carbocycles. The number of hydrogen-bond donors (Lipinski definition) is 2. The van der Waals surface area contributed by atoms with Gasteiger partial charge in [0.1, 0.15) is 0 Å². The second-order valence-corrected chi connectivity index (χ2v) is 5.32. The van der Waals surface area contributed by atoms with E-state index in [0.29, 0.717) is 18.6 Å². The molecule has 1 aliphatic carbocycles. The van der Waals surface area contributed by atoms with Gasteiger partial charge in [0.05, 0.1) is 0 Å². The van der Waals surface area contributed by atoms with E-state index in [0.717, 1.165) is 18.7 Å². The molecule has 2 N–H and O–H groups in total. The molecule has 1 aliphatic rings. The normalized spacial score (nSPS) is 24.8. The molecular weight excluding hydrogens is 224 g/mol. The van der Waals surface area contributed by atoms with E-state index in [1.807, 2.05) is 19.2 Å². The number of rotatable bonds is 4. The first-order valence-corrected chi connectivity index (χ1v) is 7.06. The number of aryl methyl sites for hydroxylation is 1. The molecule has 0 bridgehead atoms. The summed E-state index contributed by atoms with van der Waals surface area (Å²) < 4.78 is 0. The van der Waals surface area contributed by atoms with Gasteiger partial charge in [-0.25, -0.2) is 0 Å². The Kier molecular flexibility index (Phi) is 5.14. The highest BCUT2D eigenvalue weighted by Gasteiger charge is 2.22. The largest absolute Gasteiger partial charge is 0.396 e. The van der Waals surface area contributed by atoms with Gasteiger partial charge in [0.25, 0.3) is 0 Å². The summed E-state index contributed by atoms with van der Waals surface area (Å²) in [7, 11) is 0. The maximum absolute atomic E-state index is 9.49. The highest BCUT2D eigenvalue weighted by atomic mass is 16.3. The van der Waals surface area contributed by atoms with Gasteiger partial charge in [-0.05, 0) is 37.3 Å². The molecule has 0 radical (unpaired) electrons. The summed E-state index contributed by atoms with van der Waals surface area (Å²) in [4.78, 5) is 4.31. The van der Waals surface area contributed by atoms with Gasteiger partial charge >= 0.3 is 0 Å². The van der Waals surface area contributed by atoms with Crippen LogP contribution in [0, 0.1) is 12.8 Å². The molecule has 0 amide bonds. The van der Waals surface area contributed by atoms with Gasteiger partial charge in [-0.2, -0.15) is 0 Å². The second kappa shape index (κ2) is 6.86. The van der Waals surface area contributed by atoms with Crippen molar-refractivity contribution < 1.29 is 5.11 Å². The molecule has 1 fully saturated rings. The summed E-state index contributed by atoms with van der Waals surface area (Å²) in [6.07, 6.45) is 8.02. The summed E-state index contributed by atoms with van der Waals surface area (Å²) in [5.74, 6) is 0.421. The number of nitrogens with zero attached hydrogens (tertiary/aromatic N) is 1. The molecule has 0 saturated heterocycles. The summed E-state index contributed by atoms with van der Waals surface area (Å²) >= 11 is 0. The van der Waals surface area contributed by atoms with Crippen molar-refractivity contribution in [3.8, 4) is 0 Å². The van der Waals surface area contributed by atoms with E-state index in [2.05, 4.69) is 16.4 Å². The Morgan fingerprint density at radius 3 is 2.94 bits per heavy atom. The van der Waals surface area contributed by atoms with Gasteiger partial charge in [0.15, 0.2) is 0 Å². The van der Waals surface area contributed by atoms with E-state index in [9.17, 15) is 5.11 Å². The zero-order chi connectivity index (χ0) is 12.8. The van der Waals surface area contributed by atoms with E-state index in [4.69, 9.17) is 0 Å². The first-order chi connectivity index (χ1) is 8.81. The molecule has 1 aromatic rings. The van der Waals surface area contributed by atoms with Gasteiger partial charge in [-0.1, -0.05) is 25.3 Å². The Bertz CT molecular complexity index is 367. The zero-order valence-electron chi connectivity index (χ0n) is 11.2. The first-order valence-electron chi connectivity index (χ1n) is 7.06. The average Bonchev–Trinajstić information content (AvgIpc) is 2.62. The number of aromatic nitrogens is 1. The van der Waals surface area contributed by atoms with Gasteiger partial charge < -0.3 is 10.4 Å². The molecule has 1 heterocycles. The minimum absolute atomic E-state index is 0.309. The quantitative estimate of drug-likeness (QED) is 0.804. The third kappa shape index (κ3) is 3.53. The minimum Gasteiger partial charge on any atom is -0.396 e. The lowest BCUT2D eigenvalue weighted by atomic mass is 9.95. The predicted molar refractivity (Wildman–Crippen MR) is 73.3 cm³/mol. The molecule has 0 aliphatic heterocycles. The molecule has 0 spiro atoms. The molecule has 0 aromatic carbocycles. The fourth-order valence-electron chi connectivity index (χ4n) is 2.82. The van der Waals surface area contributed by atoms with Gasteiger partial charge in [0, 0.05) is 31.1 Å². The van der Waals surface area contributed by atoms with Crippen LogP contribution < -0.4 is 5.32 Å². The fourth-order valence-corrected chi connectivity index (χ4v) is 2.82. The Labute approximate surface area is 110 Å². The number of pyridine rings is 1. The molecule has 2 unspecified atom stereocenters. The lowest BCUT2D eigenvalue weighted by molar-refractivity contribution is 0.181. The fraction of sp³-hybridized carbons (Fsp3) is 0.667. The van der Waals surface area contributed by atoms with E-state index < -0.39 is 0 Å². The second-order valence-electron chi connectivity index (χ2n) is 5.32. The monoisotopic (exact) mass is 248 g/mol. The lowest BCUT2D eigenvalue weighted by Gasteiger charge is -2.24. The average molecular weight is 248 g/mol. The summed E-state index contributed by atoms with van der Waals surface area (Å²) in [5.41, 5.74) is 2.36. The molecule has 1 aromatic heterocycles. The molecule has 2 atom stereocenters. The third-order valence-corrected chi connectivity index (χ3v) is 4.06. The maximum Gasteiger partial charge on any atom is 0.0474 e. The predicted octanol–water partition coefficient (Wildman–Crippen LogP) is 2.42. The number of aliphatic hydroxyl groups is 1. The molecule has 100 valence electrons. The molecular formula is C15H24N2O. The van der Waals surface area contributed by atoms with Crippen LogP contribution in [0.5, 0.6) is 0 Å². The van der Waals surface area contributed by atoms with Crippen LogP contribution in [-0.4, -0.2) is 22.7 Å². The van der Waals surface area contributed by atoms with Crippen molar-refractivity contribution in [2.45, 2.75) is 51.6 Å². The minimum atomic E-state index is 0.309. The Hall–Kier alpha value is -0.930. The van der Waals surface area contributed by atoms with Crippen LogP contribution in [0.4, 0.5) is 0 Å². The third-order valence-electron chi connectivity index (χ3n) is 4.06. The Morgan fingerprint density at radius 1 is 1.33 bits per heavy atom. The smallest absolute Gasteiger partial charge is 0.0474 e. The van der Waals surface area contributed by atoms with Crippen molar-refractivity contribution in [1.82, 2.24) is 10.3 Å². The van der Waals surface area contributed by atoms with Crippen LogP contribution in [-0.2, 0) is 6.54 Å². The summed E-state index contributed by atoms with van der Waals surface area (Å²) in [5, 5.41) is 13.1. The molecule has 3 heteroatoms. The molecule has 18 heavy (non-hydrogen) atoms. The van der Waals surface area contributed by atoms with Crippen LogP contribution in [0.1, 0.15) is 43.4 Å². The summed E-state index contributed by atoms with van der Waals surface area (Å²) in [6, 6.07) is 4.57. The van der Waals surface area contributed by atoms with Crippen LogP contribution in [0.3, 0.4) is 0 Å². The van der Waals surface area contributed by atoms with Gasteiger partial charge in [-0.15, -0.1) is 0 Å². The number of aliphatic hydroxyl groups excluding tert-OH is 1. The van der Waals surface area contributed by atoms with Crippen LogP contribution in [0.2, 0.25) is 0 Å². The zero-order valence-corrected chi connectivity index (χ0v) is 11.2. The van der Waals surface area contributed by atoms with Crippen molar-refractivity contribution in [3.63, 3.8) is 0 Å². The lowest BCUT2D eigenvalue weighted by Crippen LogP contribution is -2.37. The SMILES string of the molecule is Cc1ncccc1CNC1CCCCCC1CO. The summed E-state index contributed by atoms with van der Waals surface area (Å²) in [6.45, 7) is 3.22. The number of hydrogen-bond acceptors (Lipinski definition) is 3. The standard InChI is InChI=1S/C15H24N2O/c1-12-13(7-5-9-16-12)10-17-15-8-4-2-3-6-14(15)11-18/h5,7,9,14-15,17-18H,2-4,6,8,10-11H2,1H3. The van der Waals surface area contributed by atoms with E-state index in [-0.39, 0.29) is 0 Å². The topological polar surface area (TPSA) is 45.2 Å². The van der Waals surface area contributed by atoms with Crippen molar-refractivity contribution >= 4 is 0 Å². The van der Waals surface area contributed by atoms with Crippen LogP contribution >= 0.6 is 0 Å². The maximum atomic E-state index is 9.49. The van der Waals surface area contributed by atoms with Crippen LogP contribution in [0.15, 0.2) is 18.3 Å². The molecule has 2 rings (SSSR count). The van der Waals surface area contributed by atoms with Gasteiger partial charge in [-0.3, -0.25) is 4.98 Å². The number of nitrogens with one attached hydrogen (secondary N) is 1. The Morgan fingerprint density at radius 2 is 2.17 bits per heavy atom. The first kappa shape index (κ1) is 13.5.